The van der Waals surface area contributed by atoms with Crippen LogP contribution in [0.15, 0.2) is 54.6 Å². The average molecular weight is 330 g/mol. The number of nitriles is 2. The van der Waals surface area contributed by atoms with E-state index in [9.17, 15) is 23.7 Å². The number of hydrogen-bond donors (Lipinski definition) is 0. The maximum absolute atomic E-state index is 12.1. The van der Waals surface area contributed by atoms with Crippen LogP contribution < -0.4 is 4.74 Å². The summed E-state index contributed by atoms with van der Waals surface area (Å²) < 4.78 is 41.0. The zero-order chi connectivity index (χ0) is 17.6. The van der Waals surface area contributed by atoms with Gasteiger partial charge in [0.1, 0.15) is 5.75 Å². The molecule has 0 amide bonds. The topological polar surface area (TPSA) is 56.8 Å². The van der Waals surface area contributed by atoms with Gasteiger partial charge in [0.25, 0.3) is 0 Å². The van der Waals surface area contributed by atoms with E-state index >= 15 is 0 Å². The Kier molecular flexibility index (Phi) is 5.11. The van der Waals surface area contributed by atoms with Crippen LogP contribution in [0.3, 0.4) is 0 Å². The fraction of sp³-hybridized carbons (Fsp3) is 0.222. The zero-order valence-electron chi connectivity index (χ0n) is 12.5. The Hall–Kier alpha value is -2.99. The SMILES string of the molecule is N#CC(C#N)(Cc1ccc(OCC(F)(F)F)cc1)c1ccccc1. The Morgan fingerprint density at radius 2 is 1.46 bits per heavy atom. The summed E-state index contributed by atoms with van der Waals surface area (Å²) in [5.74, 6) is 0.0790. The first-order valence-electron chi connectivity index (χ1n) is 7.05. The minimum absolute atomic E-state index is 0.0790. The quantitative estimate of drug-likeness (QED) is 0.827. The van der Waals surface area contributed by atoms with Crippen molar-refractivity contribution < 1.29 is 17.9 Å². The molecule has 0 saturated heterocycles. The van der Waals surface area contributed by atoms with E-state index in [-0.39, 0.29) is 12.2 Å². The molecule has 0 saturated carbocycles. The summed E-state index contributed by atoms with van der Waals surface area (Å²) in [6.07, 6.45) is -4.27. The van der Waals surface area contributed by atoms with Crippen LogP contribution in [0.1, 0.15) is 11.1 Å². The van der Waals surface area contributed by atoms with Crippen molar-refractivity contribution in [2.75, 3.05) is 6.61 Å². The summed E-state index contributed by atoms with van der Waals surface area (Å²) >= 11 is 0. The minimum Gasteiger partial charge on any atom is -0.484 e. The third-order valence-corrected chi connectivity index (χ3v) is 3.44. The number of hydrogen-bond acceptors (Lipinski definition) is 3. The molecule has 2 rings (SSSR count). The Labute approximate surface area is 137 Å². The molecule has 0 aliphatic rings. The van der Waals surface area contributed by atoms with Crippen molar-refractivity contribution in [2.45, 2.75) is 18.0 Å². The second-order valence-corrected chi connectivity index (χ2v) is 5.22. The monoisotopic (exact) mass is 330 g/mol. The lowest BCUT2D eigenvalue weighted by atomic mass is 9.78. The number of nitrogens with zero attached hydrogens (tertiary/aromatic N) is 2. The molecule has 0 aliphatic carbocycles. The second-order valence-electron chi connectivity index (χ2n) is 5.22. The van der Waals surface area contributed by atoms with E-state index in [0.29, 0.717) is 11.1 Å². The Balaban J connectivity index is 2.17. The molecule has 0 spiro atoms. The van der Waals surface area contributed by atoms with E-state index in [4.69, 9.17) is 0 Å². The zero-order valence-corrected chi connectivity index (χ0v) is 12.5. The molecule has 3 nitrogen and oxygen atoms in total. The van der Waals surface area contributed by atoms with Gasteiger partial charge in [0.2, 0.25) is 0 Å². The lowest BCUT2D eigenvalue weighted by molar-refractivity contribution is -0.153. The highest BCUT2D eigenvalue weighted by Gasteiger charge is 2.33. The van der Waals surface area contributed by atoms with Gasteiger partial charge in [-0.25, -0.2) is 0 Å². The molecule has 0 bridgehead atoms. The lowest BCUT2D eigenvalue weighted by Crippen LogP contribution is -2.25. The lowest BCUT2D eigenvalue weighted by Gasteiger charge is -2.19. The maximum Gasteiger partial charge on any atom is 0.422 e. The normalized spacial score (nSPS) is 11.4. The highest BCUT2D eigenvalue weighted by atomic mass is 19.4. The van der Waals surface area contributed by atoms with E-state index in [2.05, 4.69) is 4.74 Å². The van der Waals surface area contributed by atoms with Gasteiger partial charge in [0.05, 0.1) is 12.1 Å². The Morgan fingerprint density at radius 3 is 1.96 bits per heavy atom. The van der Waals surface area contributed by atoms with Crippen molar-refractivity contribution in [3.8, 4) is 17.9 Å². The van der Waals surface area contributed by atoms with Gasteiger partial charge in [-0.3, -0.25) is 0 Å². The van der Waals surface area contributed by atoms with Crippen LogP contribution in [0.2, 0.25) is 0 Å². The molecule has 0 aliphatic heterocycles. The molecule has 0 heterocycles. The van der Waals surface area contributed by atoms with Crippen LogP contribution in [0, 0.1) is 22.7 Å². The number of halogens is 3. The highest BCUT2D eigenvalue weighted by Crippen LogP contribution is 2.28. The molecule has 0 N–H and O–H groups in total. The highest BCUT2D eigenvalue weighted by molar-refractivity contribution is 5.43. The van der Waals surface area contributed by atoms with Crippen LogP contribution in [-0.4, -0.2) is 12.8 Å². The Bertz CT molecular complexity index is 742. The van der Waals surface area contributed by atoms with E-state index in [1.165, 1.54) is 12.1 Å². The maximum atomic E-state index is 12.1. The standard InChI is InChI=1S/C18H13F3N2O/c19-18(20,21)13-24-16-8-6-14(7-9-16)10-17(11-22,12-23)15-4-2-1-3-5-15/h1-9H,10,13H2. The molecule has 0 aromatic heterocycles. The van der Waals surface area contributed by atoms with Crippen molar-refractivity contribution in [3.63, 3.8) is 0 Å². The first kappa shape index (κ1) is 17.4. The van der Waals surface area contributed by atoms with Gasteiger partial charge in [-0.05, 0) is 23.3 Å². The molecule has 0 unspecified atom stereocenters. The van der Waals surface area contributed by atoms with E-state index in [1.807, 2.05) is 12.1 Å². The largest absolute Gasteiger partial charge is 0.484 e. The summed E-state index contributed by atoms with van der Waals surface area (Å²) in [6.45, 7) is -1.36. The predicted octanol–water partition coefficient (Wildman–Crippen LogP) is 4.16. The number of benzene rings is 2. The smallest absolute Gasteiger partial charge is 0.422 e. The van der Waals surface area contributed by atoms with Gasteiger partial charge in [-0.1, -0.05) is 42.5 Å². The molecular weight excluding hydrogens is 317 g/mol. The fourth-order valence-electron chi connectivity index (χ4n) is 2.23. The van der Waals surface area contributed by atoms with Gasteiger partial charge in [-0.15, -0.1) is 0 Å². The average Bonchev–Trinajstić information content (AvgIpc) is 2.59. The van der Waals surface area contributed by atoms with Crippen LogP contribution in [0.4, 0.5) is 13.2 Å². The third kappa shape index (κ3) is 4.27. The van der Waals surface area contributed by atoms with Crippen molar-refractivity contribution in [2.24, 2.45) is 0 Å². The first-order chi connectivity index (χ1) is 11.4. The molecular formula is C18H13F3N2O. The van der Waals surface area contributed by atoms with Gasteiger partial charge >= 0.3 is 6.18 Å². The van der Waals surface area contributed by atoms with Gasteiger partial charge in [0.15, 0.2) is 12.0 Å². The molecule has 24 heavy (non-hydrogen) atoms. The molecule has 122 valence electrons. The van der Waals surface area contributed by atoms with Crippen LogP contribution >= 0.6 is 0 Å². The van der Waals surface area contributed by atoms with Gasteiger partial charge < -0.3 is 4.74 Å². The number of rotatable bonds is 5. The van der Waals surface area contributed by atoms with Gasteiger partial charge in [-0.2, -0.15) is 23.7 Å². The molecule has 0 atom stereocenters. The minimum atomic E-state index is -4.40. The van der Waals surface area contributed by atoms with Crippen molar-refractivity contribution in [3.05, 3.63) is 65.7 Å². The van der Waals surface area contributed by atoms with Gasteiger partial charge in [0, 0.05) is 6.42 Å². The second kappa shape index (κ2) is 7.06. The van der Waals surface area contributed by atoms with Crippen LogP contribution in [0.5, 0.6) is 5.75 Å². The van der Waals surface area contributed by atoms with Crippen molar-refractivity contribution in [1.82, 2.24) is 0 Å². The van der Waals surface area contributed by atoms with E-state index in [1.54, 1.807) is 42.5 Å². The molecule has 6 heteroatoms. The molecule has 0 fully saturated rings. The molecule has 2 aromatic carbocycles. The summed E-state index contributed by atoms with van der Waals surface area (Å²) in [6, 6.07) is 18.7. The van der Waals surface area contributed by atoms with Crippen LogP contribution in [-0.2, 0) is 11.8 Å². The van der Waals surface area contributed by atoms with E-state index < -0.39 is 18.2 Å². The number of alkyl halides is 3. The van der Waals surface area contributed by atoms with Crippen molar-refractivity contribution in [1.29, 1.82) is 10.5 Å². The fourth-order valence-corrected chi connectivity index (χ4v) is 2.23. The summed E-state index contributed by atoms with van der Waals surface area (Å²) in [5, 5.41) is 19.0. The summed E-state index contributed by atoms with van der Waals surface area (Å²) in [5.41, 5.74) is -0.121. The van der Waals surface area contributed by atoms with Crippen molar-refractivity contribution >= 4 is 0 Å². The van der Waals surface area contributed by atoms with Crippen LogP contribution in [0.25, 0.3) is 0 Å². The predicted molar refractivity (Wildman–Crippen MR) is 81.0 cm³/mol. The molecule has 0 radical (unpaired) electrons. The Morgan fingerprint density at radius 1 is 0.875 bits per heavy atom. The first-order valence-corrected chi connectivity index (χ1v) is 7.05. The number of ether oxygens (including phenoxy) is 1. The van der Waals surface area contributed by atoms with E-state index in [0.717, 1.165) is 0 Å². The third-order valence-electron chi connectivity index (χ3n) is 3.44. The molecule has 2 aromatic rings. The summed E-state index contributed by atoms with van der Waals surface area (Å²) in [7, 11) is 0. The summed E-state index contributed by atoms with van der Waals surface area (Å²) in [4.78, 5) is 0.